The van der Waals surface area contributed by atoms with Crippen LogP contribution in [-0.4, -0.2) is 15.1 Å². The first-order valence-corrected chi connectivity index (χ1v) is 10.1. The molecule has 3 aromatic rings. The van der Waals surface area contributed by atoms with Crippen molar-refractivity contribution in [3.63, 3.8) is 0 Å². The summed E-state index contributed by atoms with van der Waals surface area (Å²) in [5, 5.41) is 0. The molecule has 1 fully saturated rings. The van der Waals surface area contributed by atoms with E-state index in [0.29, 0.717) is 27.1 Å². The summed E-state index contributed by atoms with van der Waals surface area (Å²) in [7, 11) is 0. The number of thiocarbonyl (C=S) groups is 1. The maximum absolute atomic E-state index is 12.9. The number of hydrogen-bond donors (Lipinski definition) is 0. The second-order valence-electron chi connectivity index (χ2n) is 6.53. The lowest BCUT2D eigenvalue weighted by Gasteiger charge is -2.14. The first-order chi connectivity index (χ1) is 14.3. The fourth-order valence-electron chi connectivity index (χ4n) is 2.97. The average molecular weight is 445 g/mol. The standard InChI is InChI=1S/C22H14F3NO2S2/c23-22(24,25)16-8-4-7-15(11-16)18-10-9-17(28-18)12-19-20(27)26(21(29)30-19)13-14-5-2-1-3-6-14/h1-12H,13H2. The third-order valence-corrected chi connectivity index (χ3v) is 5.81. The number of alkyl halides is 3. The number of carbonyl (C=O) groups excluding carboxylic acids is 1. The maximum Gasteiger partial charge on any atom is 0.416 e. The highest BCUT2D eigenvalue weighted by atomic mass is 32.2. The average Bonchev–Trinajstić information content (AvgIpc) is 3.29. The molecule has 1 amide bonds. The largest absolute Gasteiger partial charge is 0.457 e. The number of benzene rings is 2. The molecule has 30 heavy (non-hydrogen) atoms. The van der Waals surface area contributed by atoms with Crippen molar-refractivity contribution in [1.29, 1.82) is 0 Å². The van der Waals surface area contributed by atoms with Crippen molar-refractivity contribution in [2.45, 2.75) is 12.7 Å². The van der Waals surface area contributed by atoms with Crippen LogP contribution in [0.2, 0.25) is 0 Å². The summed E-state index contributed by atoms with van der Waals surface area (Å²) in [4.78, 5) is 14.7. The number of hydrogen-bond acceptors (Lipinski definition) is 4. The molecule has 1 aromatic heterocycles. The predicted molar refractivity (Wildman–Crippen MR) is 114 cm³/mol. The van der Waals surface area contributed by atoms with Crippen molar-refractivity contribution in [3.05, 3.63) is 88.5 Å². The Morgan fingerprint density at radius 3 is 2.53 bits per heavy atom. The summed E-state index contributed by atoms with van der Waals surface area (Å²) in [6, 6.07) is 17.6. The minimum Gasteiger partial charge on any atom is -0.457 e. The molecule has 0 N–H and O–H groups in total. The van der Waals surface area contributed by atoms with Gasteiger partial charge in [-0.1, -0.05) is 66.4 Å². The van der Waals surface area contributed by atoms with Crippen LogP contribution in [0.4, 0.5) is 13.2 Å². The van der Waals surface area contributed by atoms with E-state index < -0.39 is 11.7 Å². The Bertz CT molecular complexity index is 1140. The smallest absolute Gasteiger partial charge is 0.416 e. The van der Waals surface area contributed by atoms with Crippen molar-refractivity contribution in [2.24, 2.45) is 0 Å². The topological polar surface area (TPSA) is 33.5 Å². The lowest BCUT2D eigenvalue weighted by atomic mass is 10.1. The summed E-state index contributed by atoms with van der Waals surface area (Å²) in [5.41, 5.74) is 0.515. The molecule has 0 spiro atoms. The second kappa shape index (κ2) is 8.12. The molecule has 3 nitrogen and oxygen atoms in total. The van der Waals surface area contributed by atoms with Crippen molar-refractivity contribution in [2.75, 3.05) is 0 Å². The summed E-state index contributed by atoms with van der Waals surface area (Å²) in [5.74, 6) is 0.417. The monoisotopic (exact) mass is 445 g/mol. The fourth-order valence-corrected chi connectivity index (χ4v) is 4.20. The Balaban J connectivity index is 1.55. The van der Waals surface area contributed by atoms with Gasteiger partial charge in [0.05, 0.1) is 17.0 Å². The van der Waals surface area contributed by atoms with E-state index in [-0.39, 0.29) is 11.7 Å². The summed E-state index contributed by atoms with van der Waals surface area (Å²) < 4.78 is 44.9. The van der Waals surface area contributed by atoms with Gasteiger partial charge in [0.25, 0.3) is 5.91 Å². The van der Waals surface area contributed by atoms with Crippen molar-refractivity contribution < 1.29 is 22.4 Å². The van der Waals surface area contributed by atoms with Crippen LogP contribution >= 0.6 is 24.0 Å². The number of nitrogens with zero attached hydrogens (tertiary/aromatic N) is 1. The molecule has 1 aliphatic heterocycles. The van der Waals surface area contributed by atoms with Gasteiger partial charge in [0, 0.05) is 11.6 Å². The van der Waals surface area contributed by atoms with Crippen molar-refractivity contribution in [1.82, 2.24) is 4.90 Å². The van der Waals surface area contributed by atoms with E-state index in [9.17, 15) is 18.0 Å². The van der Waals surface area contributed by atoms with Gasteiger partial charge in [0.1, 0.15) is 15.8 Å². The molecule has 1 saturated heterocycles. The molecule has 0 saturated carbocycles. The number of carbonyl (C=O) groups is 1. The van der Waals surface area contributed by atoms with Crippen LogP contribution in [0.3, 0.4) is 0 Å². The Hall–Kier alpha value is -2.84. The third-order valence-electron chi connectivity index (χ3n) is 4.43. The molecule has 1 aliphatic rings. The van der Waals surface area contributed by atoms with Crippen LogP contribution in [0.1, 0.15) is 16.9 Å². The summed E-state index contributed by atoms with van der Waals surface area (Å²) in [6.07, 6.45) is -2.88. The van der Waals surface area contributed by atoms with E-state index >= 15 is 0 Å². The van der Waals surface area contributed by atoms with Crippen molar-refractivity contribution >= 4 is 40.3 Å². The zero-order valence-corrected chi connectivity index (χ0v) is 17.0. The molecule has 4 rings (SSSR count). The highest BCUT2D eigenvalue weighted by Gasteiger charge is 2.32. The van der Waals surface area contributed by atoms with Crippen LogP contribution in [0, 0.1) is 0 Å². The molecular weight excluding hydrogens is 431 g/mol. The summed E-state index contributed by atoms with van der Waals surface area (Å²) in [6.45, 7) is 0.372. The van der Waals surface area contributed by atoms with Gasteiger partial charge in [-0.2, -0.15) is 13.2 Å². The van der Waals surface area contributed by atoms with E-state index in [1.54, 1.807) is 18.2 Å². The maximum atomic E-state index is 12.9. The molecule has 0 aliphatic carbocycles. The van der Waals surface area contributed by atoms with Gasteiger partial charge in [-0.05, 0) is 29.8 Å². The fraction of sp³-hybridized carbons (Fsp3) is 0.0909. The van der Waals surface area contributed by atoms with Gasteiger partial charge >= 0.3 is 6.18 Å². The van der Waals surface area contributed by atoms with E-state index in [4.69, 9.17) is 16.6 Å². The van der Waals surface area contributed by atoms with Gasteiger partial charge in [-0.25, -0.2) is 0 Å². The molecule has 2 heterocycles. The van der Waals surface area contributed by atoms with E-state index in [1.165, 1.54) is 28.8 Å². The molecule has 0 unspecified atom stereocenters. The zero-order valence-electron chi connectivity index (χ0n) is 15.3. The van der Waals surface area contributed by atoms with Crippen LogP contribution < -0.4 is 0 Å². The third kappa shape index (κ3) is 4.34. The number of furan rings is 1. The predicted octanol–water partition coefficient (Wildman–Crippen LogP) is 6.37. The minimum atomic E-state index is -4.43. The van der Waals surface area contributed by atoms with Crippen LogP contribution in [-0.2, 0) is 17.5 Å². The number of amides is 1. The van der Waals surface area contributed by atoms with Gasteiger partial charge < -0.3 is 4.42 Å². The van der Waals surface area contributed by atoms with Gasteiger partial charge in [0.15, 0.2) is 0 Å². The normalized spacial score (nSPS) is 16.0. The molecule has 2 aromatic carbocycles. The van der Waals surface area contributed by atoms with E-state index in [0.717, 1.165) is 17.7 Å². The number of thioether (sulfide) groups is 1. The van der Waals surface area contributed by atoms with Gasteiger partial charge in [-0.3, -0.25) is 9.69 Å². The summed E-state index contributed by atoms with van der Waals surface area (Å²) >= 11 is 6.50. The first-order valence-electron chi connectivity index (χ1n) is 8.88. The van der Waals surface area contributed by atoms with Gasteiger partial charge in [0.2, 0.25) is 0 Å². The second-order valence-corrected chi connectivity index (χ2v) is 8.21. The Morgan fingerprint density at radius 1 is 1.03 bits per heavy atom. The SMILES string of the molecule is O=C1C(=Cc2ccc(-c3cccc(C(F)(F)F)c3)o2)SC(=S)N1Cc1ccccc1. The molecule has 152 valence electrons. The lowest BCUT2D eigenvalue weighted by molar-refractivity contribution is -0.137. The molecule has 0 atom stereocenters. The molecule has 8 heteroatoms. The molecular formula is C22H14F3NO2S2. The van der Waals surface area contributed by atoms with Gasteiger partial charge in [-0.15, -0.1) is 0 Å². The molecule has 0 radical (unpaired) electrons. The van der Waals surface area contributed by atoms with Crippen LogP contribution in [0.5, 0.6) is 0 Å². The lowest BCUT2D eigenvalue weighted by Crippen LogP contribution is -2.27. The Labute approximate surface area is 180 Å². The highest BCUT2D eigenvalue weighted by molar-refractivity contribution is 8.26. The highest BCUT2D eigenvalue weighted by Crippen LogP contribution is 2.35. The van der Waals surface area contributed by atoms with E-state index in [1.807, 2.05) is 30.3 Å². The first kappa shape index (κ1) is 20.4. The van der Waals surface area contributed by atoms with Crippen LogP contribution in [0.15, 0.2) is 76.1 Å². The Morgan fingerprint density at radius 2 is 1.80 bits per heavy atom. The quantitative estimate of drug-likeness (QED) is 0.345. The van der Waals surface area contributed by atoms with Crippen molar-refractivity contribution in [3.8, 4) is 11.3 Å². The molecule has 0 bridgehead atoms. The minimum absolute atomic E-state index is 0.231. The number of halogens is 3. The Kier molecular flexibility index (Phi) is 5.53. The van der Waals surface area contributed by atoms with Crippen LogP contribution in [0.25, 0.3) is 17.4 Å². The zero-order chi connectivity index (χ0) is 21.3. The number of rotatable bonds is 4. The van der Waals surface area contributed by atoms with E-state index in [2.05, 4.69) is 0 Å².